The van der Waals surface area contributed by atoms with E-state index in [2.05, 4.69) is 23.3 Å². The van der Waals surface area contributed by atoms with E-state index in [0.717, 1.165) is 36.1 Å². The Balaban J connectivity index is 1.76. The van der Waals surface area contributed by atoms with Crippen molar-refractivity contribution in [2.75, 3.05) is 7.11 Å². The Hall–Kier alpha value is -2.36. The molecule has 1 N–H and O–H groups in total. The van der Waals surface area contributed by atoms with Gasteiger partial charge in [-0.2, -0.15) is 0 Å². The third-order valence-corrected chi connectivity index (χ3v) is 4.35. The van der Waals surface area contributed by atoms with Gasteiger partial charge in [0.2, 0.25) is 0 Å². The van der Waals surface area contributed by atoms with Crippen LogP contribution >= 0.6 is 0 Å². The van der Waals surface area contributed by atoms with Gasteiger partial charge in [-0.25, -0.2) is 0 Å². The average Bonchev–Trinajstić information content (AvgIpc) is 3.26. The van der Waals surface area contributed by atoms with E-state index in [1.165, 1.54) is 5.56 Å². The van der Waals surface area contributed by atoms with Gasteiger partial charge in [0.05, 0.1) is 7.11 Å². The number of carbonyl (C=O) groups is 1. The molecule has 23 heavy (non-hydrogen) atoms. The maximum absolute atomic E-state index is 12.5. The summed E-state index contributed by atoms with van der Waals surface area (Å²) in [6.45, 7) is 4.03. The zero-order valence-corrected chi connectivity index (χ0v) is 13.8. The average molecular weight is 310 g/mol. The number of benzene rings is 1. The first kappa shape index (κ1) is 15.5. The van der Waals surface area contributed by atoms with Gasteiger partial charge < -0.3 is 10.1 Å². The van der Waals surface area contributed by atoms with Gasteiger partial charge in [-0.3, -0.25) is 9.78 Å². The lowest BCUT2D eigenvalue weighted by atomic mass is 10.0. The minimum Gasteiger partial charge on any atom is -0.496 e. The Morgan fingerprint density at radius 1 is 1.22 bits per heavy atom. The summed E-state index contributed by atoms with van der Waals surface area (Å²) in [5.74, 6) is 0.780. The van der Waals surface area contributed by atoms with Gasteiger partial charge in [0, 0.05) is 11.7 Å². The maximum Gasteiger partial charge on any atom is 0.270 e. The highest BCUT2D eigenvalue weighted by Gasteiger charge is 2.44. The molecule has 2 aromatic rings. The van der Waals surface area contributed by atoms with Crippen molar-refractivity contribution in [2.24, 2.45) is 0 Å². The predicted octanol–water partition coefficient (Wildman–Crippen LogP) is 3.21. The normalized spacial score (nSPS) is 15.1. The van der Waals surface area contributed by atoms with Crippen LogP contribution < -0.4 is 10.1 Å². The minimum absolute atomic E-state index is 0.0992. The number of carbonyl (C=O) groups excluding carboxylic acids is 1. The zero-order chi connectivity index (χ0) is 16.4. The molecule has 1 aliphatic carbocycles. The molecule has 1 aromatic carbocycles. The lowest BCUT2D eigenvalue weighted by Gasteiger charge is -2.19. The van der Waals surface area contributed by atoms with Crippen LogP contribution in [0.2, 0.25) is 0 Å². The van der Waals surface area contributed by atoms with Crippen molar-refractivity contribution in [3.05, 3.63) is 58.9 Å². The molecule has 1 aromatic heterocycles. The molecule has 0 saturated heterocycles. The van der Waals surface area contributed by atoms with Crippen molar-refractivity contribution in [1.82, 2.24) is 10.3 Å². The first-order valence-corrected chi connectivity index (χ1v) is 7.90. The minimum atomic E-state index is -0.163. The number of nitrogens with zero attached hydrogens (tertiary/aromatic N) is 1. The Morgan fingerprint density at radius 2 is 1.96 bits per heavy atom. The summed E-state index contributed by atoms with van der Waals surface area (Å²) in [4.78, 5) is 16.6. The standard InChI is InChI=1S/C19H22N2O2/c1-13-4-5-17(23-3)15(10-13)12-19(7-8-19)21-18(22)16-11-14(2)6-9-20-16/h4-6,9-11H,7-8,12H2,1-3H3,(H,21,22). The smallest absolute Gasteiger partial charge is 0.270 e. The third-order valence-electron chi connectivity index (χ3n) is 4.35. The van der Waals surface area contributed by atoms with Gasteiger partial charge in [-0.05, 0) is 62.4 Å². The summed E-state index contributed by atoms with van der Waals surface area (Å²) in [5, 5.41) is 3.17. The second-order valence-electron chi connectivity index (χ2n) is 6.44. The van der Waals surface area contributed by atoms with E-state index in [0.29, 0.717) is 5.69 Å². The monoisotopic (exact) mass is 310 g/mol. The van der Waals surface area contributed by atoms with Gasteiger partial charge in [0.1, 0.15) is 11.4 Å². The highest BCUT2D eigenvalue weighted by molar-refractivity contribution is 5.93. The van der Waals surface area contributed by atoms with E-state index in [-0.39, 0.29) is 11.4 Å². The van der Waals surface area contributed by atoms with Gasteiger partial charge >= 0.3 is 0 Å². The summed E-state index contributed by atoms with van der Waals surface area (Å²) >= 11 is 0. The van der Waals surface area contributed by atoms with E-state index < -0.39 is 0 Å². The van der Waals surface area contributed by atoms with E-state index in [1.807, 2.05) is 31.2 Å². The molecule has 4 heteroatoms. The maximum atomic E-state index is 12.5. The first-order chi connectivity index (χ1) is 11.0. The van der Waals surface area contributed by atoms with Gasteiger partial charge in [0.15, 0.2) is 0 Å². The molecule has 0 aliphatic heterocycles. The van der Waals surface area contributed by atoms with Crippen LogP contribution in [0.25, 0.3) is 0 Å². The molecule has 1 fully saturated rings. The van der Waals surface area contributed by atoms with E-state index >= 15 is 0 Å². The number of pyridine rings is 1. The number of ether oxygens (including phenoxy) is 1. The first-order valence-electron chi connectivity index (χ1n) is 7.90. The fourth-order valence-corrected chi connectivity index (χ4v) is 2.87. The van der Waals surface area contributed by atoms with Crippen LogP contribution in [0.5, 0.6) is 5.75 Å². The SMILES string of the molecule is COc1ccc(C)cc1CC1(NC(=O)c2cc(C)ccn2)CC1. The highest BCUT2D eigenvalue weighted by atomic mass is 16.5. The number of hydrogen-bond acceptors (Lipinski definition) is 3. The number of hydrogen-bond donors (Lipinski definition) is 1. The molecule has 1 aliphatic rings. The molecule has 120 valence electrons. The largest absolute Gasteiger partial charge is 0.496 e. The fourth-order valence-electron chi connectivity index (χ4n) is 2.87. The summed E-state index contributed by atoms with van der Waals surface area (Å²) in [6.07, 6.45) is 4.44. The van der Waals surface area contributed by atoms with Crippen molar-refractivity contribution < 1.29 is 9.53 Å². The van der Waals surface area contributed by atoms with Crippen molar-refractivity contribution in [3.8, 4) is 5.75 Å². The molecule has 0 unspecified atom stereocenters. The zero-order valence-electron chi connectivity index (χ0n) is 13.8. The predicted molar refractivity (Wildman–Crippen MR) is 89.8 cm³/mol. The number of rotatable bonds is 5. The summed E-state index contributed by atoms with van der Waals surface area (Å²) in [7, 11) is 1.68. The highest BCUT2D eigenvalue weighted by Crippen LogP contribution is 2.40. The molecule has 0 radical (unpaired) electrons. The molecule has 1 saturated carbocycles. The second kappa shape index (κ2) is 6.03. The molecule has 4 nitrogen and oxygen atoms in total. The van der Waals surface area contributed by atoms with E-state index in [9.17, 15) is 4.79 Å². The van der Waals surface area contributed by atoms with Gasteiger partial charge in [-0.1, -0.05) is 17.7 Å². The second-order valence-corrected chi connectivity index (χ2v) is 6.44. The van der Waals surface area contributed by atoms with Crippen molar-refractivity contribution in [3.63, 3.8) is 0 Å². The summed E-state index contributed by atoms with van der Waals surface area (Å²) in [5.41, 5.74) is 3.69. The number of amides is 1. The van der Waals surface area contributed by atoms with Crippen LogP contribution in [-0.4, -0.2) is 23.5 Å². The molecule has 1 heterocycles. The van der Waals surface area contributed by atoms with Crippen LogP contribution in [0.3, 0.4) is 0 Å². The van der Waals surface area contributed by atoms with E-state index in [1.54, 1.807) is 13.3 Å². The quantitative estimate of drug-likeness (QED) is 0.922. The topological polar surface area (TPSA) is 51.2 Å². The lowest BCUT2D eigenvalue weighted by molar-refractivity contribution is 0.0926. The van der Waals surface area contributed by atoms with Crippen LogP contribution in [0.15, 0.2) is 36.5 Å². The molecular weight excluding hydrogens is 288 g/mol. The van der Waals surface area contributed by atoms with Crippen molar-refractivity contribution >= 4 is 5.91 Å². The van der Waals surface area contributed by atoms with Crippen LogP contribution in [0.1, 0.15) is 40.0 Å². The lowest BCUT2D eigenvalue weighted by Crippen LogP contribution is -2.39. The number of methoxy groups -OCH3 is 1. The van der Waals surface area contributed by atoms with Crippen LogP contribution in [0, 0.1) is 13.8 Å². The number of aromatic nitrogens is 1. The summed E-state index contributed by atoms with van der Waals surface area (Å²) in [6, 6.07) is 9.87. The number of nitrogens with one attached hydrogen (secondary N) is 1. The molecule has 0 spiro atoms. The fraction of sp³-hybridized carbons (Fsp3) is 0.368. The third kappa shape index (κ3) is 3.52. The van der Waals surface area contributed by atoms with Crippen LogP contribution in [0.4, 0.5) is 0 Å². The number of aryl methyl sites for hydroxylation is 2. The molecule has 0 atom stereocenters. The van der Waals surface area contributed by atoms with Gasteiger partial charge in [-0.15, -0.1) is 0 Å². The molecule has 0 bridgehead atoms. The Labute approximate surface area is 136 Å². The molecular formula is C19H22N2O2. The van der Waals surface area contributed by atoms with Crippen molar-refractivity contribution in [1.29, 1.82) is 0 Å². The van der Waals surface area contributed by atoms with Gasteiger partial charge in [0.25, 0.3) is 5.91 Å². The Morgan fingerprint density at radius 3 is 2.61 bits per heavy atom. The van der Waals surface area contributed by atoms with E-state index in [4.69, 9.17) is 4.74 Å². The Bertz CT molecular complexity index is 736. The molecule has 3 rings (SSSR count). The molecule has 1 amide bonds. The van der Waals surface area contributed by atoms with Crippen LogP contribution in [-0.2, 0) is 6.42 Å². The summed E-state index contributed by atoms with van der Waals surface area (Å²) < 4.78 is 5.45. The Kier molecular flexibility index (Phi) is 4.07. The van der Waals surface area contributed by atoms with Crippen molar-refractivity contribution in [2.45, 2.75) is 38.6 Å².